The van der Waals surface area contributed by atoms with Crippen LogP contribution in [0.2, 0.25) is 0 Å². The fourth-order valence-electron chi connectivity index (χ4n) is 2.64. The highest BCUT2D eigenvalue weighted by molar-refractivity contribution is 5.80. The third kappa shape index (κ3) is 3.40. The first kappa shape index (κ1) is 10.8. The molecule has 0 radical (unpaired) electrons. The summed E-state index contributed by atoms with van der Waals surface area (Å²) in [7, 11) is 0. The van der Waals surface area contributed by atoms with E-state index < -0.39 is 0 Å². The van der Waals surface area contributed by atoms with E-state index in [4.69, 9.17) is 0 Å². The fraction of sp³-hybridized carbons (Fsp3) is 0.917. The maximum atomic E-state index is 4.43. The topological polar surface area (TPSA) is 36.4 Å². The molecule has 1 aliphatic heterocycles. The summed E-state index contributed by atoms with van der Waals surface area (Å²) in [5, 5.41) is 6.76. The van der Waals surface area contributed by atoms with Crippen LogP contribution in [0.4, 0.5) is 0 Å². The second-order valence-corrected chi connectivity index (χ2v) is 5.03. The molecule has 3 nitrogen and oxygen atoms in total. The van der Waals surface area contributed by atoms with Gasteiger partial charge in [0.15, 0.2) is 5.96 Å². The van der Waals surface area contributed by atoms with E-state index >= 15 is 0 Å². The second-order valence-electron chi connectivity index (χ2n) is 5.03. The Morgan fingerprint density at radius 1 is 1.40 bits per heavy atom. The van der Waals surface area contributed by atoms with Crippen LogP contribution in [0.15, 0.2) is 4.99 Å². The standard InChI is InChI=1S/C12H23N3/c1-10-4-2-5-11(8-10)9-15-12-13-6-3-7-14-12/h10-11H,2-9H2,1H3,(H2,13,14,15). The molecule has 2 N–H and O–H groups in total. The van der Waals surface area contributed by atoms with Gasteiger partial charge in [-0.2, -0.15) is 0 Å². The van der Waals surface area contributed by atoms with Gasteiger partial charge in [0.25, 0.3) is 0 Å². The fourth-order valence-corrected chi connectivity index (χ4v) is 2.64. The van der Waals surface area contributed by atoms with Crippen molar-refractivity contribution in [1.82, 2.24) is 10.6 Å². The van der Waals surface area contributed by atoms with E-state index in [9.17, 15) is 0 Å². The molecule has 2 unspecified atom stereocenters. The third-order valence-corrected chi connectivity index (χ3v) is 3.50. The average molecular weight is 209 g/mol. The summed E-state index contributed by atoms with van der Waals surface area (Å²) in [6.45, 7) is 5.54. The van der Waals surface area contributed by atoms with Crippen LogP contribution in [0.25, 0.3) is 0 Å². The van der Waals surface area contributed by atoms with Gasteiger partial charge in [0.2, 0.25) is 0 Å². The van der Waals surface area contributed by atoms with Gasteiger partial charge < -0.3 is 10.6 Å². The second kappa shape index (κ2) is 5.38. The first-order valence-electron chi connectivity index (χ1n) is 6.37. The van der Waals surface area contributed by atoms with Crippen LogP contribution in [0.3, 0.4) is 0 Å². The van der Waals surface area contributed by atoms with E-state index in [-0.39, 0.29) is 0 Å². The normalized spacial score (nSPS) is 31.7. The maximum absolute atomic E-state index is 4.43. The number of aliphatic imine (C=N–C) groups is 1. The molecule has 0 amide bonds. The van der Waals surface area contributed by atoms with Crippen molar-refractivity contribution < 1.29 is 0 Å². The van der Waals surface area contributed by atoms with Crippen molar-refractivity contribution in [3.05, 3.63) is 0 Å². The van der Waals surface area contributed by atoms with Crippen molar-refractivity contribution in [2.24, 2.45) is 16.8 Å². The van der Waals surface area contributed by atoms with Gasteiger partial charge in [-0.15, -0.1) is 0 Å². The Kier molecular flexibility index (Phi) is 3.87. The molecular formula is C12H23N3. The average Bonchev–Trinajstić information content (AvgIpc) is 2.28. The minimum Gasteiger partial charge on any atom is -0.356 e. The number of nitrogens with zero attached hydrogens (tertiary/aromatic N) is 1. The summed E-state index contributed by atoms with van der Waals surface area (Å²) >= 11 is 0. The molecule has 0 saturated heterocycles. The van der Waals surface area contributed by atoms with Crippen LogP contribution in [-0.4, -0.2) is 25.6 Å². The molecule has 86 valence electrons. The lowest BCUT2D eigenvalue weighted by Gasteiger charge is -2.27. The minimum absolute atomic E-state index is 0.861. The molecule has 1 fully saturated rings. The maximum Gasteiger partial charge on any atom is 0.191 e. The van der Waals surface area contributed by atoms with Gasteiger partial charge in [-0.3, -0.25) is 4.99 Å². The van der Waals surface area contributed by atoms with Gasteiger partial charge in [0.05, 0.1) is 0 Å². The number of hydrogen-bond donors (Lipinski definition) is 2. The lowest BCUT2D eigenvalue weighted by Crippen LogP contribution is -2.43. The summed E-state index contributed by atoms with van der Waals surface area (Å²) in [5.41, 5.74) is 0. The van der Waals surface area contributed by atoms with Crippen molar-refractivity contribution in [3.63, 3.8) is 0 Å². The van der Waals surface area contributed by atoms with Gasteiger partial charge in [0.1, 0.15) is 0 Å². The minimum atomic E-state index is 0.861. The molecule has 15 heavy (non-hydrogen) atoms. The van der Waals surface area contributed by atoms with Crippen LogP contribution in [0.1, 0.15) is 39.0 Å². The first-order chi connectivity index (χ1) is 7.34. The van der Waals surface area contributed by atoms with Crippen molar-refractivity contribution in [2.45, 2.75) is 39.0 Å². The summed E-state index contributed by atoms with van der Waals surface area (Å²) in [4.78, 5) is 4.43. The van der Waals surface area contributed by atoms with Crippen LogP contribution < -0.4 is 10.6 Å². The highest BCUT2D eigenvalue weighted by Crippen LogP contribution is 2.27. The molecule has 0 aromatic heterocycles. The quantitative estimate of drug-likeness (QED) is 0.727. The van der Waals surface area contributed by atoms with E-state index in [1.54, 1.807) is 0 Å². The summed E-state index contributed by atoms with van der Waals surface area (Å²) < 4.78 is 0. The van der Waals surface area contributed by atoms with Crippen LogP contribution in [0, 0.1) is 11.8 Å². The zero-order valence-corrected chi connectivity index (χ0v) is 9.76. The molecule has 1 aliphatic carbocycles. The molecule has 2 rings (SSSR count). The summed E-state index contributed by atoms with van der Waals surface area (Å²) in [6, 6.07) is 0. The monoisotopic (exact) mass is 209 g/mol. The largest absolute Gasteiger partial charge is 0.356 e. The highest BCUT2D eigenvalue weighted by atomic mass is 15.2. The van der Waals surface area contributed by atoms with Crippen LogP contribution >= 0.6 is 0 Å². The SMILES string of the molecule is CC1CCCC(CNC2=NCCCN2)C1. The van der Waals surface area contributed by atoms with E-state index in [2.05, 4.69) is 22.5 Å². The van der Waals surface area contributed by atoms with Gasteiger partial charge in [-0.05, 0) is 31.1 Å². The summed E-state index contributed by atoms with van der Waals surface area (Å²) in [5.74, 6) is 2.81. The number of hydrogen-bond acceptors (Lipinski definition) is 3. The molecule has 0 spiro atoms. The first-order valence-corrected chi connectivity index (χ1v) is 6.37. The molecule has 0 bridgehead atoms. The zero-order valence-electron chi connectivity index (χ0n) is 9.76. The predicted octanol–water partition coefficient (Wildman–Crippen LogP) is 1.75. The smallest absolute Gasteiger partial charge is 0.191 e. The molecule has 3 heteroatoms. The number of guanidine groups is 1. The predicted molar refractivity (Wildman–Crippen MR) is 64.0 cm³/mol. The Morgan fingerprint density at radius 3 is 3.07 bits per heavy atom. The van der Waals surface area contributed by atoms with Gasteiger partial charge >= 0.3 is 0 Å². The lowest BCUT2D eigenvalue weighted by atomic mass is 9.82. The van der Waals surface area contributed by atoms with Gasteiger partial charge in [-0.1, -0.05) is 19.8 Å². The van der Waals surface area contributed by atoms with Crippen molar-refractivity contribution >= 4 is 5.96 Å². The molecule has 2 aliphatic rings. The number of rotatable bonds is 2. The van der Waals surface area contributed by atoms with E-state index in [0.717, 1.165) is 37.4 Å². The highest BCUT2D eigenvalue weighted by Gasteiger charge is 2.18. The van der Waals surface area contributed by atoms with Crippen molar-refractivity contribution in [2.75, 3.05) is 19.6 Å². The third-order valence-electron chi connectivity index (χ3n) is 3.50. The Bertz CT molecular complexity index is 225. The van der Waals surface area contributed by atoms with Gasteiger partial charge in [-0.25, -0.2) is 0 Å². The Labute approximate surface area is 92.7 Å². The Balaban J connectivity index is 1.70. The molecule has 0 aromatic carbocycles. The Morgan fingerprint density at radius 2 is 2.33 bits per heavy atom. The lowest BCUT2D eigenvalue weighted by molar-refractivity contribution is 0.282. The molecule has 0 aromatic rings. The zero-order chi connectivity index (χ0) is 10.5. The summed E-state index contributed by atoms with van der Waals surface area (Å²) in [6.07, 6.45) is 6.79. The number of nitrogens with one attached hydrogen (secondary N) is 2. The van der Waals surface area contributed by atoms with Crippen molar-refractivity contribution in [1.29, 1.82) is 0 Å². The van der Waals surface area contributed by atoms with E-state index in [1.165, 1.54) is 32.1 Å². The molecule has 1 saturated carbocycles. The van der Waals surface area contributed by atoms with E-state index in [0.29, 0.717) is 0 Å². The molecule has 2 atom stereocenters. The van der Waals surface area contributed by atoms with E-state index in [1.807, 2.05) is 0 Å². The van der Waals surface area contributed by atoms with Crippen LogP contribution in [-0.2, 0) is 0 Å². The van der Waals surface area contributed by atoms with Gasteiger partial charge in [0, 0.05) is 19.6 Å². The van der Waals surface area contributed by atoms with Crippen molar-refractivity contribution in [3.8, 4) is 0 Å². The molecule has 1 heterocycles. The van der Waals surface area contributed by atoms with Crippen LogP contribution in [0.5, 0.6) is 0 Å². The molecular weight excluding hydrogens is 186 g/mol. The Hall–Kier alpha value is -0.730.